The molecule has 3 nitrogen and oxygen atoms in total. The molecule has 0 bridgehead atoms. The molecule has 98 valence electrons. The van der Waals surface area contributed by atoms with Gasteiger partial charge >= 0.3 is 0 Å². The zero-order chi connectivity index (χ0) is 12.5. The Balaban J connectivity index is 1.90. The third kappa shape index (κ3) is 2.24. The Labute approximate surface area is 115 Å². The molecule has 1 unspecified atom stereocenters. The van der Waals surface area contributed by atoms with Crippen molar-refractivity contribution in [2.75, 3.05) is 13.2 Å². The lowest BCUT2D eigenvalue weighted by molar-refractivity contribution is 0.109. The smallest absolute Gasteiger partial charge is 0.162 e. The highest BCUT2D eigenvalue weighted by Crippen LogP contribution is 2.42. The molecule has 0 radical (unpaired) electrons. The largest absolute Gasteiger partial charge is 0.486 e. The summed E-state index contributed by atoms with van der Waals surface area (Å²) in [6.07, 6.45) is 4.27. The summed E-state index contributed by atoms with van der Waals surface area (Å²) in [6, 6.07) is 3.82. The van der Waals surface area contributed by atoms with E-state index < -0.39 is 6.10 Å². The normalized spacial score (nSPS) is 21.0. The molecular formula is C14H17BrO3. The molecule has 2 aliphatic rings. The quantitative estimate of drug-likeness (QED) is 0.909. The molecule has 18 heavy (non-hydrogen) atoms. The molecule has 1 aliphatic carbocycles. The van der Waals surface area contributed by atoms with Crippen molar-refractivity contribution in [3.8, 4) is 11.5 Å². The van der Waals surface area contributed by atoms with Crippen molar-refractivity contribution in [1.29, 1.82) is 0 Å². The van der Waals surface area contributed by atoms with E-state index >= 15 is 0 Å². The SMILES string of the molecule is OC(c1cc2c(cc1Br)OCCO2)C1CCCC1. The second-order valence-corrected chi connectivity index (χ2v) is 5.86. The third-order valence-electron chi connectivity index (χ3n) is 3.83. The van der Waals surface area contributed by atoms with Gasteiger partial charge in [0, 0.05) is 4.47 Å². The molecule has 1 fully saturated rings. The summed E-state index contributed by atoms with van der Waals surface area (Å²) < 4.78 is 12.0. The van der Waals surface area contributed by atoms with Crippen molar-refractivity contribution in [3.63, 3.8) is 0 Å². The van der Waals surface area contributed by atoms with Crippen LogP contribution in [0.4, 0.5) is 0 Å². The number of halogens is 1. The van der Waals surface area contributed by atoms with Crippen LogP contribution in [0.3, 0.4) is 0 Å². The van der Waals surface area contributed by atoms with Crippen LogP contribution in [-0.2, 0) is 0 Å². The van der Waals surface area contributed by atoms with E-state index in [2.05, 4.69) is 15.9 Å². The molecule has 1 atom stereocenters. The Morgan fingerprint density at radius 3 is 2.39 bits per heavy atom. The Hall–Kier alpha value is -0.740. The molecule has 0 aromatic heterocycles. The molecule has 1 aliphatic heterocycles. The highest BCUT2D eigenvalue weighted by molar-refractivity contribution is 9.10. The van der Waals surface area contributed by atoms with Gasteiger partial charge in [-0.05, 0) is 36.5 Å². The van der Waals surface area contributed by atoms with Gasteiger partial charge in [-0.25, -0.2) is 0 Å². The second-order valence-electron chi connectivity index (χ2n) is 5.01. The lowest BCUT2D eigenvalue weighted by Crippen LogP contribution is -2.17. The number of hydrogen-bond acceptors (Lipinski definition) is 3. The fourth-order valence-electron chi connectivity index (χ4n) is 2.83. The van der Waals surface area contributed by atoms with Crippen LogP contribution >= 0.6 is 15.9 Å². The van der Waals surface area contributed by atoms with Gasteiger partial charge in [0.25, 0.3) is 0 Å². The minimum absolute atomic E-state index is 0.379. The number of ether oxygens (including phenoxy) is 2. The number of fused-ring (bicyclic) bond motifs is 1. The van der Waals surface area contributed by atoms with Crippen LogP contribution in [0, 0.1) is 5.92 Å². The number of hydrogen-bond donors (Lipinski definition) is 1. The minimum atomic E-state index is -0.405. The zero-order valence-electron chi connectivity index (χ0n) is 10.2. The second kappa shape index (κ2) is 5.10. The van der Waals surface area contributed by atoms with Gasteiger partial charge < -0.3 is 14.6 Å². The molecule has 1 N–H and O–H groups in total. The predicted molar refractivity (Wildman–Crippen MR) is 72.0 cm³/mol. The molecular weight excluding hydrogens is 296 g/mol. The van der Waals surface area contributed by atoms with E-state index in [1.165, 1.54) is 12.8 Å². The number of benzene rings is 1. The zero-order valence-corrected chi connectivity index (χ0v) is 11.8. The third-order valence-corrected chi connectivity index (χ3v) is 4.51. The maximum atomic E-state index is 10.5. The predicted octanol–water partition coefficient (Wildman–Crippen LogP) is 3.44. The van der Waals surface area contributed by atoms with Gasteiger partial charge in [0.15, 0.2) is 11.5 Å². The van der Waals surface area contributed by atoms with Crippen LogP contribution in [0.1, 0.15) is 37.4 Å². The van der Waals surface area contributed by atoms with Gasteiger partial charge in [-0.15, -0.1) is 0 Å². The van der Waals surface area contributed by atoms with Crippen molar-refractivity contribution in [2.24, 2.45) is 5.92 Å². The molecule has 1 saturated carbocycles. The van der Waals surface area contributed by atoms with Crippen molar-refractivity contribution in [1.82, 2.24) is 0 Å². The Bertz CT molecular complexity index is 441. The number of aliphatic hydroxyl groups excluding tert-OH is 1. The summed E-state index contributed by atoms with van der Waals surface area (Å²) in [5.74, 6) is 1.89. The highest BCUT2D eigenvalue weighted by atomic mass is 79.9. The summed E-state index contributed by atoms with van der Waals surface area (Å²) >= 11 is 3.53. The maximum absolute atomic E-state index is 10.5. The first-order chi connectivity index (χ1) is 8.75. The van der Waals surface area contributed by atoms with Crippen LogP contribution in [-0.4, -0.2) is 18.3 Å². The highest BCUT2D eigenvalue weighted by Gasteiger charge is 2.27. The molecule has 1 aromatic carbocycles. The monoisotopic (exact) mass is 312 g/mol. The van der Waals surface area contributed by atoms with Gasteiger partial charge in [-0.2, -0.15) is 0 Å². The maximum Gasteiger partial charge on any atom is 0.162 e. The Morgan fingerprint density at radius 2 is 1.72 bits per heavy atom. The first-order valence-electron chi connectivity index (χ1n) is 6.53. The fourth-order valence-corrected chi connectivity index (χ4v) is 3.39. The molecule has 0 spiro atoms. The van der Waals surface area contributed by atoms with Crippen molar-refractivity contribution in [3.05, 3.63) is 22.2 Å². The van der Waals surface area contributed by atoms with Gasteiger partial charge in [-0.3, -0.25) is 0 Å². The summed E-state index contributed by atoms with van der Waals surface area (Å²) in [7, 11) is 0. The minimum Gasteiger partial charge on any atom is -0.486 e. The average molecular weight is 313 g/mol. The molecule has 0 saturated heterocycles. The van der Waals surface area contributed by atoms with E-state index in [4.69, 9.17) is 9.47 Å². The van der Waals surface area contributed by atoms with Crippen molar-refractivity contribution < 1.29 is 14.6 Å². The Kier molecular flexibility index (Phi) is 3.48. The first kappa shape index (κ1) is 12.3. The summed E-state index contributed by atoms with van der Waals surface area (Å²) in [5, 5.41) is 10.5. The summed E-state index contributed by atoms with van der Waals surface area (Å²) in [5.41, 5.74) is 0.922. The van der Waals surface area contributed by atoms with E-state index in [0.29, 0.717) is 19.1 Å². The van der Waals surface area contributed by atoms with Crippen molar-refractivity contribution >= 4 is 15.9 Å². The van der Waals surface area contributed by atoms with Crippen LogP contribution in [0.15, 0.2) is 16.6 Å². The van der Waals surface area contributed by atoms with Crippen LogP contribution in [0.5, 0.6) is 11.5 Å². The summed E-state index contributed by atoms with van der Waals surface area (Å²) in [4.78, 5) is 0. The number of rotatable bonds is 2. The molecule has 0 amide bonds. The van der Waals surface area contributed by atoms with Gasteiger partial charge in [-0.1, -0.05) is 28.8 Å². The van der Waals surface area contributed by atoms with E-state index in [9.17, 15) is 5.11 Å². The molecule has 3 rings (SSSR count). The van der Waals surface area contributed by atoms with E-state index in [1.54, 1.807) is 0 Å². The van der Waals surface area contributed by atoms with Crippen LogP contribution < -0.4 is 9.47 Å². The first-order valence-corrected chi connectivity index (χ1v) is 7.32. The van der Waals surface area contributed by atoms with E-state index in [1.807, 2.05) is 12.1 Å². The van der Waals surface area contributed by atoms with Crippen LogP contribution in [0.25, 0.3) is 0 Å². The molecule has 1 heterocycles. The average Bonchev–Trinajstić information content (AvgIpc) is 2.91. The van der Waals surface area contributed by atoms with Gasteiger partial charge in [0.1, 0.15) is 13.2 Å². The lowest BCUT2D eigenvalue weighted by atomic mass is 9.94. The van der Waals surface area contributed by atoms with E-state index in [-0.39, 0.29) is 0 Å². The number of aliphatic hydroxyl groups is 1. The Morgan fingerprint density at radius 1 is 1.11 bits per heavy atom. The van der Waals surface area contributed by atoms with Crippen molar-refractivity contribution in [2.45, 2.75) is 31.8 Å². The topological polar surface area (TPSA) is 38.7 Å². The van der Waals surface area contributed by atoms with Gasteiger partial charge in [0.2, 0.25) is 0 Å². The van der Waals surface area contributed by atoms with E-state index in [0.717, 1.165) is 34.4 Å². The lowest BCUT2D eigenvalue weighted by Gasteiger charge is -2.23. The fraction of sp³-hybridized carbons (Fsp3) is 0.571. The molecule has 1 aromatic rings. The molecule has 4 heteroatoms. The summed E-state index contributed by atoms with van der Waals surface area (Å²) in [6.45, 7) is 1.16. The van der Waals surface area contributed by atoms with Gasteiger partial charge in [0.05, 0.1) is 6.10 Å². The van der Waals surface area contributed by atoms with Crippen LogP contribution in [0.2, 0.25) is 0 Å². The standard InChI is InChI=1S/C14H17BrO3/c15-11-8-13-12(17-5-6-18-13)7-10(11)14(16)9-3-1-2-4-9/h7-9,14,16H,1-6H2.